The molecule has 0 aromatic heterocycles. The van der Waals surface area contributed by atoms with Gasteiger partial charge in [0.15, 0.2) is 6.10 Å². The third-order valence-electron chi connectivity index (χ3n) is 16.5. The lowest BCUT2D eigenvalue weighted by molar-refractivity contribution is -0.870. The Hall–Kier alpha value is -2.55. The second-order valence-electron chi connectivity index (χ2n) is 26.3. The maximum atomic E-state index is 12.9. The number of ether oxygens (including phenoxy) is 2. The number of hydrogen-bond donors (Lipinski definition) is 0. The predicted molar refractivity (Wildman–Crippen MR) is 374 cm³/mol. The van der Waals surface area contributed by atoms with E-state index in [9.17, 15) is 19.0 Å². The molecule has 0 bridgehead atoms. The highest BCUT2D eigenvalue weighted by atomic mass is 31.2. The van der Waals surface area contributed by atoms with E-state index in [2.05, 4.69) is 86.8 Å². The number of nitrogens with zero attached hydrogens (tertiary/aromatic N) is 1. The molecule has 0 aromatic rings. The molecule has 0 heterocycles. The number of carbonyl (C=O) groups excluding carboxylic acids is 2. The van der Waals surface area contributed by atoms with Crippen LogP contribution in [0.4, 0.5) is 0 Å². The number of quaternary nitrogens is 1. The molecule has 0 aliphatic heterocycles. The maximum Gasteiger partial charge on any atom is 0.306 e. The zero-order valence-electron chi connectivity index (χ0n) is 58.0. The van der Waals surface area contributed by atoms with E-state index in [0.717, 1.165) is 77.0 Å². The fourth-order valence-electron chi connectivity index (χ4n) is 10.8. The molecule has 0 saturated heterocycles. The Kier molecular flexibility index (Phi) is 65.8. The summed E-state index contributed by atoms with van der Waals surface area (Å²) >= 11 is 0. The second kappa shape index (κ2) is 67.8. The summed E-state index contributed by atoms with van der Waals surface area (Å²) in [6.45, 7) is 4.19. The van der Waals surface area contributed by atoms with E-state index in [1.165, 1.54) is 244 Å². The SMILES string of the molecule is CC/C=C\C/C=C\C/C=C\C/C=C\C/C=C\C/C=C\CCCCCCCCCCCCCCCCCCC(=O)OC(COC(=O)CCCCCCCCCCCCCCCCCCCCCCCCCCCCCC)COP(=O)([O-])OCC[N+](C)(C)C. The molecule has 10 heteroatoms. The summed E-state index contributed by atoms with van der Waals surface area (Å²) in [6.07, 6.45) is 91.4. The molecule has 2 unspecified atom stereocenters. The van der Waals surface area contributed by atoms with Crippen LogP contribution in [0.1, 0.15) is 354 Å². The molecule has 0 rings (SSSR count). The summed E-state index contributed by atoms with van der Waals surface area (Å²) in [5.41, 5.74) is 0. The molecular formula is C77H142NO8P. The Morgan fingerprint density at radius 3 is 0.977 bits per heavy atom. The molecule has 0 aliphatic carbocycles. The third kappa shape index (κ3) is 72.4. The van der Waals surface area contributed by atoms with Crippen LogP contribution in [0.2, 0.25) is 0 Å². The first-order valence-electron chi connectivity index (χ1n) is 37.1. The van der Waals surface area contributed by atoms with Crippen LogP contribution in [0.5, 0.6) is 0 Å². The molecule has 2 atom stereocenters. The average Bonchev–Trinajstić information content (AvgIpc) is 3.67. The molecule has 0 fully saturated rings. The topological polar surface area (TPSA) is 111 Å². The standard InChI is InChI=1S/C77H142NO8P/c1-6-8-10-12-14-16-18-20-22-24-26-28-30-32-34-36-37-38-39-40-41-42-44-46-48-50-52-54-56-58-60-62-64-66-68-70-77(80)86-75(74-85-87(81,82)84-72-71-78(3,4)5)73-83-76(79)69-67-65-63-61-59-57-55-53-51-49-47-45-43-35-33-31-29-27-25-23-21-19-17-15-13-11-9-7-2/h8,10,14,16,20,22,26,28,32,34,37-38,75H,6-7,9,11-13,15,17-19,21,23-25,27,29-31,33,35-36,39-74H2,1-5H3/b10-8-,16-14-,22-20-,28-26-,34-32-,38-37-. The second-order valence-corrected chi connectivity index (χ2v) is 27.7. The van der Waals surface area contributed by atoms with Gasteiger partial charge in [0.2, 0.25) is 0 Å². The number of allylic oxidation sites excluding steroid dienone is 12. The minimum atomic E-state index is -4.64. The summed E-state index contributed by atoms with van der Waals surface area (Å²) in [6, 6.07) is 0. The first-order chi connectivity index (χ1) is 42.5. The number of phosphoric ester groups is 1. The van der Waals surface area contributed by atoms with Gasteiger partial charge in [0.25, 0.3) is 7.82 Å². The van der Waals surface area contributed by atoms with Gasteiger partial charge in [0.1, 0.15) is 19.8 Å². The van der Waals surface area contributed by atoms with Gasteiger partial charge in [-0.15, -0.1) is 0 Å². The quantitative estimate of drug-likeness (QED) is 0.0195. The first-order valence-corrected chi connectivity index (χ1v) is 38.6. The lowest BCUT2D eigenvalue weighted by atomic mass is 10.0. The summed E-state index contributed by atoms with van der Waals surface area (Å²) in [7, 11) is 1.18. The van der Waals surface area contributed by atoms with Crippen molar-refractivity contribution in [3.63, 3.8) is 0 Å². The van der Waals surface area contributed by atoms with Gasteiger partial charge in [-0.3, -0.25) is 14.2 Å². The molecule has 0 aromatic carbocycles. The Morgan fingerprint density at radius 2 is 0.655 bits per heavy atom. The normalized spacial score (nSPS) is 13.5. The zero-order chi connectivity index (χ0) is 63.4. The van der Waals surface area contributed by atoms with Crippen LogP contribution in [0, 0.1) is 0 Å². The molecule has 9 nitrogen and oxygen atoms in total. The monoisotopic (exact) mass is 1240 g/mol. The van der Waals surface area contributed by atoms with E-state index < -0.39 is 26.5 Å². The number of likely N-dealkylation sites (N-methyl/N-ethyl adjacent to an activating group) is 1. The number of carbonyl (C=O) groups is 2. The van der Waals surface area contributed by atoms with E-state index in [1.54, 1.807) is 0 Å². The van der Waals surface area contributed by atoms with Crippen LogP contribution >= 0.6 is 7.82 Å². The van der Waals surface area contributed by atoms with Crippen LogP contribution in [0.25, 0.3) is 0 Å². The predicted octanol–water partition coefficient (Wildman–Crippen LogP) is 23.7. The molecule has 0 spiro atoms. The third-order valence-corrected chi connectivity index (χ3v) is 17.5. The molecule has 0 aliphatic rings. The van der Waals surface area contributed by atoms with Crippen LogP contribution in [0.15, 0.2) is 72.9 Å². The van der Waals surface area contributed by atoms with Gasteiger partial charge in [-0.1, -0.05) is 350 Å². The fraction of sp³-hybridized carbons (Fsp3) is 0.818. The number of esters is 2. The van der Waals surface area contributed by atoms with Crippen molar-refractivity contribution in [2.75, 3.05) is 47.5 Å². The largest absolute Gasteiger partial charge is 0.756 e. The maximum absolute atomic E-state index is 12.9. The number of rotatable bonds is 69. The molecule has 508 valence electrons. The van der Waals surface area contributed by atoms with Crippen LogP contribution in [-0.4, -0.2) is 70.0 Å². The van der Waals surface area contributed by atoms with Crippen molar-refractivity contribution in [3.05, 3.63) is 72.9 Å². The zero-order valence-corrected chi connectivity index (χ0v) is 58.9. The van der Waals surface area contributed by atoms with Gasteiger partial charge in [-0.05, 0) is 64.2 Å². The lowest BCUT2D eigenvalue weighted by Crippen LogP contribution is -2.37. The van der Waals surface area contributed by atoms with Gasteiger partial charge in [-0.2, -0.15) is 0 Å². The number of unbranched alkanes of at least 4 members (excludes halogenated alkanes) is 43. The Balaban J connectivity index is 3.98. The molecule has 0 amide bonds. The molecule has 0 saturated carbocycles. The van der Waals surface area contributed by atoms with Crippen molar-refractivity contribution < 1.29 is 42.1 Å². The van der Waals surface area contributed by atoms with Gasteiger partial charge < -0.3 is 27.9 Å². The van der Waals surface area contributed by atoms with Crippen LogP contribution < -0.4 is 4.89 Å². The summed E-state index contributed by atoms with van der Waals surface area (Å²) in [4.78, 5) is 38.1. The van der Waals surface area contributed by atoms with Crippen molar-refractivity contribution in [1.29, 1.82) is 0 Å². The highest BCUT2D eigenvalue weighted by molar-refractivity contribution is 7.45. The van der Waals surface area contributed by atoms with Crippen molar-refractivity contribution in [1.82, 2.24) is 0 Å². The Bertz CT molecular complexity index is 1700. The van der Waals surface area contributed by atoms with E-state index in [1.807, 2.05) is 21.1 Å². The number of phosphoric acid groups is 1. The van der Waals surface area contributed by atoms with Crippen molar-refractivity contribution in [2.24, 2.45) is 0 Å². The van der Waals surface area contributed by atoms with E-state index >= 15 is 0 Å². The van der Waals surface area contributed by atoms with Crippen LogP contribution in [-0.2, 0) is 32.7 Å². The van der Waals surface area contributed by atoms with Crippen molar-refractivity contribution in [2.45, 2.75) is 360 Å². The smallest absolute Gasteiger partial charge is 0.306 e. The van der Waals surface area contributed by atoms with Crippen molar-refractivity contribution in [3.8, 4) is 0 Å². The first kappa shape index (κ1) is 84.5. The van der Waals surface area contributed by atoms with Crippen LogP contribution in [0.3, 0.4) is 0 Å². The van der Waals surface area contributed by atoms with Gasteiger partial charge in [0.05, 0.1) is 27.7 Å². The summed E-state index contributed by atoms with van der Waals surface area (Å²) in [5.74, 6) is -0.815. The average molecular weight is 1240 g/mol. The van der Waals surface area contributed by atoms with Gasteiger partial charge in [-0.25, -0.2) is 0 Å². The Labute approximate surface area is 539 Å². The summed E-state index contributed by atoms with van der Waals surface area (Å²) in [5, 5.41) is 0. The molecule has 87 heavy (non-hydrogen) atoms. The molecular weight excluding hydrogens is 1100 g/mol. The highest BCUT2D eigenvalue weighted by Gasteiger charge is 2.22. The van der Waals surface area contributed by atoms with E-state index in [-0.39, 0.29) is 32.0 Å². The molecule has 0 radical (unpaired) electrons. The Morgan fingerprint density at radius 1 is 0.368 bits per heavy atom. The van der Waals surface area contributed by atoms with E-state index in [0.29, 0.717) is 17.4 Å². The fourth-order valence-corrected chi connectivity index (χ4v) is 11.6. The number of hydrogen-bond acceptors (Lipinski definition) is 8. The van der Waals surface area contributed by atoms with E-state index in [4.69, 9.17) is 18.5 Å². The van der Waals surface area contributed by atoms with Crippen molar-refractivity contribution >= 4 is 19.8 Å². The summed E-state index contributed by atoms with van der Waals surface area (Å²) < 4.78 is 34.4. The molecule has 0 N–H and O–H groups in total. The highest BCUT2D eigenvalue weighted by Crippen LogP contribution is 2.38. The minimum Gasteiger partial charge on any atom is -0.756 e. The van der Waals surface area contributed by atoms with Gasteiger partial charge >= 0.3 is 11.9 Å². The lowest BCUT2D eigenvalue weighted by Gasteiger charge is -2.28. The van der Waals surface area contributed by atoms with Gasteiger partial charge in [0, 0.05) is 12.8 Å². The minimum absolute atomic E-state index is 0.0299.